The van der Waals surface area contributed by atoms with Gasteiger partial charge < -0.3 is 23.2 Å². The lowest BCUT2D eigenvalue weighted by atomic mass is 10.1. The summed E-state index contributed by atoms with van der Waals surface area (Å²) in [5, 5.41) is 1.77. The molecule has 1 aromatic heterocycles. The number of aryl methyl sites for hydroxylation is 1. The highest BCUT2D eigenvalue weighted by atomic mass is 32.2. The zero-order valence-electron chi connectivity index (χ0n) is 25.5. The van der Waals surface area contributed by atoms with E-state index in [2.05, 4.69) is 0 Å². The standard InChI is InChI=1S/C34H34N2O8S2/c1-22(16-33-35(14-12-23(2)45(37,38)39)29-18-25-8-4-6-10-27(25)20-31(29)43-33)17-34-36(15-13-24(3)46(40,41)42)30-19-26-9-5-7-11-28(26)21-32(30)44-34/h4-11,16-21,23-24H,12-15H2,1-3H3,(H-,37,38,39,40,41,42)/p-1. The lowest BCUT2D eigenvalue weighted by molar-refractivity contribution is -0.678. The van der Waals surface area contributed by atoms with Gasteiger partial charge in [-0.15, -0.1) is 0 Å². The van der Waals surface area contributed by atoms with E-state index in [9.17, 15) is 25.9 Å². The molecule has 10 nitrogen and oxygen atoms in total. The SMILES string of the molecule is CC(/C=C1\Oc2cc3ccccc3cc2N1CCC(C)S(=O)(=O)[O-])=C\c1oc2cc3ccccc3cc2[n+]1CCC(C)S(=O)(=O)[O-]. The van der Waals surface area contributed by atoms with Crippen LogP contribution in [0.15, 0.2) is 94.7 Å². The molecule has 0 N–H and O–H groups in total. The van der Waals surface area contributed by atoms with Crippen LogP contribution in [0.5, 0.6) is 5.75 Å². The highest BCUT2D eigenvalue weighted by Gasteiger charge is 2.29. The molecule has 0 spiro atoms. The van der Waals surface area contributed by atoms with Crippen molar-refractivity contribution in [3.05, 3.63) is 96.2 Å². The number of rotatable bonds is 10. The number of benzene rings is 4. The van der Waals surface area contributed by atoms with Gasteiger partial charge in [-0.2, -0.15) is 4.57 Å². The predicted octanol–water partition coefficient (Wildman–Crippen LogP) is 5.82. The number of hydrogen-bond donors (Lipinski definition) is 0. The number of allylic oxidation sites excluding steroid dienone is 2. The molecule has 240 valence electrons. The molecule has 2 heterocycles. The van der Waals surface area contributed by atoms with Crippen LogP contribution in [0.3, 0.4) is 0 Å². The Morgan fingerprint density at radius 1 is 0.848 bits per heavy atom. The maximum atomic E-state index is 11.7. The zero-order chi connectivity index (χ0) is 32.8. The molecule has 0 bridgehead atoms. The molecule has 1 aliphatic heterocycles. The van der Waals surface area contributed by atoms with Crippen molar-refractivity contribution in [2.45, 2.75) is 50.7 Å². The molecule has 0 radical (unpaired) electrons. The average Bonchev–Trinajstić information content (AvgIpc) is 3.50. The summed E-state index contributed by atoms with van der Waals surface area (Å²) < 4.78 is 84.4. The fourth-order valence-electron chi connectivity index (χ4n) is 5.59. The molecule has 0 aliphatic carbocycles. The molecule has 0 saturated carbocycles. The van der Waals surface area contributed by atoms with Crippen molar-refractivity contribution in [3.8, 4) is 5.75 Å². The largest absolute Gasteiger partial charge is 0.748 e. The molecule has 1 aliphatic rings. The maximum absolute atomic E-state index is 11.7. The molecular formula is C34H33N2O8S2-. The molecule has 12 heteroatoms. The van der Waals surface area contributed by atoms with Crippen LogP contribution in [0.1, 0.15) is 39.5 Å². The Hall–Kier alpha value is -4.23. The number of hydrogen-bond acceptors (Lipinski definition) is 9. The minimum atomic E-state index is -4.46. The van der Waals surface area contributed by atoms with Crippen LogP contribution < -0.4 is 14.2 Å². The molecule has 5 aromatic rings. The zero-order valence-corrected chi connectivity index (χ0v) is 27.2. The Morgan fingerprint density at radius 3 is 2.04 bits per heavy atom. The second-order valence-electron chi connectivity index (χ2n) is 11.7. The van der Waals surface area contributed by atoms with Gasteiger partial charge in [-0.1, -0.05) is 48.5 Å². The van der Waals surface area contributed by atoms with E-state index in [1.165, 1.54) is 13.8 Å². The van der Waals surface area contributed by atoms with Crippen LogP contribution >= 0.6 is 0 Å². The first-order valence-corrected chi connectivity index (χ1v) is 17.8. The first-order chi connectivity index (χ1) is 21.8. The average molecular weight is 662 g/mol. The van der Waals surface area contributed by atoms with Crippen molar-refractivity contribution in [1.82, 2.24) is 0 Å². The first kappa shape index (κ1) is 31.7. The molecule has 2 atom stereocenters. The third-order valence-electron chi connectivity index (χ3n) is 8.40. The van der Waals surface area contributed by atoms with Gasteiger partial charge >= 0.3 is 5.89 Å². The molecule has 4 aromatic carbocycles. The van der Waals surface area contributed by atoms with Gasteiger partial charge in [-0.3, -0.25) is 0 Å². The summed E-state index contributed by atoms with van der Waals surface area (Å²) in [6.07, 6.45) is 3.80. The highest BCUT2D eigenvalue weighted by molar-refractivity contribution is 7.86. The van der Waals surface area contributed by atoms with Crippen molar-refractivity contribution in [3.63, 3.8) is 0 Å². The molecule has 2 unspecified atom stereocenters. The van der Waals surface area contributed by atoms with Crippen molar-refractivity contribution < 1.29 is 39.7 Å². The van der Waals surface area contributed by atoms with Crippen LogP contribution in [0.2, 0.25) is 0 Å². The number of fused-ring (bicyclic) bond motifs is 4. The number of aromatic nitrogens is 1. The smallest absolute Gasteiger partial charge is 0.374 e. The normalized spacial score (nSPS) is 16.3. The molecule has 0 amide bonds. The minimum absolute atomic E-state index is 0.0967. The van der Waals surface area contributed by atoms with Crippen LogP contribution in [-0.4, -0.2) is 43.0 Å². The second kappa shape index (κ2) is 12.2. The third-order valence-corrected chi connectivity index (χ3v) is 10.8. The lowest BCUT2D eigenvalue weighted by Crippen LogP contribution is -2.37. The fraction of sp³-hybridized carbons (Fsp3) is 0.265. The Labute approximate surface area is 267 Å². The van der Waals surface area contributed by atoms with Gasteiger partial charge in [0.2, 0.25) is 11.5 Å². The van der Waals surface area contributed by atoms with Crippen molar-refractivity contribution in [1.29, 1.82) is 0 Å². The van der Waals surface area contributed by atoms with Gasteiger partial charge in [-0.25, -0.2) is 16.8 Å². The van der Waals surface area contributed by atoms with Gasteiger partial charge in [0.05, 0.1) is 37.2 Å². The van der Waals surface area contributed by atoms with E-state index in [4.69, 9.17) is 9.15 Å². The Kier molecular flexibility index (Phi) is 8.40. The van der Waals surface area contributed by atoms with Crippen molar-refractivity contribution in [2.75, 3.05) is 11.4 Å². The van der Waals surface area contributed by atoms with E-state index >= 15 is 0 Å². The second-order valence-corrected chi connectivity index (χ2v) is 15.3. The maximum Gasteiger partial charge on any atom is 0.374 e. The topological polar surface area (TPSA) is 144 Å². The van der Waals surface area contributed by atoms with E-state index in [0.29, 0.717) is 23.1 Å². The van der Waals surface area contributed by atoms with Crippen molar-refractivity contribution in [2.24, 2.45) is 0 Å². The van der Waals surface area contributed by atoms with Gasteiger partial charge in [0.15, 0.2) is 12.3 Å². The Morgan fingerprint density at radius 2 is 1.41 bits per heavy atom. The van der Waals surface area contributed by atoms with Gasteiger partial charge in [-0.05, 0) is 72.5 Å². The Bertz CT molecular complexity index is 2260. The van der Waals surface area contributed by atoms with E-state index in [-0.39, 0.29) is 25.9 Å². The van der Waals surface area contributed by atoms with Crippen LogP contribution in [0, 0.1) is 0 Å². The molecule has 6 rings (SSSR count). The number of anilines is 1. The van der Waals surface area contributed by atoms with Crippen LogP contribution in [0.25, 0.3) is 38.7 Å². The van der Waals surface area contributed by atoms with E-state index in [1.54, 1.807) is 12.2 Å². The van der Waals surface area contributed by atoms with Gasteiger partial charge in [0, 0.05) is 30.4 Å². The van der Waals surface area contributed by atoms with Crippen LogP contribution in [0.4, 0.5) is 5.69 Å². The summed E-state index contributed by atoms with van der Waals surface area (Å²) in [5.74, 6) is 1.51. The molecule has 0 fully saturated rings. The molecule has 46 heavy (non-hydrogen) atoms. The predicted molar refractivity (Wildman–Crippen MR) is 175 cm³/mol. The number of ether oxygens (including phenoxy) is 1. The quantitative estimate of drug-likeness (QED) is 0.134. The summed E-state index contributed by atoms with van der Waals surface area (Å²) in [4.78, 5) is 1.86. The van der Waals surface area contributed by atoms with Gasteiger partial charge in [0.1, 0.15) is 0 Å². The monoisotopic (exact) mass is 661 g/mol. The summed E-state index contributed by atoms with van der Waals surface area (Å²) in [6, 6.07) is 23.5. The summed E-state index contributed by atoms with van der Waals surface area (Å²) in [6.45, 7) is 5.12. The third kappa shape index (κ3) is 6.52. The fourth-order valence-corrected chi connectivity index (χ4v) is 6.38. The number of nitrogens with zero attached hydrogens (tertiary/aromatic N) is 2. The van der Waals surface area contributed by atoms with Crippen LogP contribution in [-0.2, 0) is 26.8 Å². The summed E-state index contributed by atoms with van der Waals surface area (Å²) in [5.41, 5.74) is 2.84. The minimum Gasteiger partial charge on any atom is -0.748 e. The van der Waals surface area contributed by atoms with Crippen molar-refractivity contribution >= 4 is 64.6 Å². The molecule has 0 saturated heterocycles. The van der Waals surface area contributed by atoms with E-state index < -0.39 is 30.7 Å². The number of oxazole rings is 1. The first-order valence-electron chi connectivity index (χ1n) is 14.9. The lowest BCUT2D eigenvalue weighted by Gasteiger charge is -2.22. The van der Waals surface area contributed by atoms with E-state index in [0.717, 1.165) is 38.3 Å². The Balaban J connectivity index is 1.40. The van der Waals surface area contributed by atoms with Gasteiger partial charge in [0.25, 0.3) is 5.52 Å². The summed E-state index contributed by atoms with van der Waals surface area (Å²) >= 11 is 0. The summed E-state index contributed by atoms with van der Waals surface area (Å²) in [7, 11) is -8.92. The molecular weight excluding hydrogens is 629 g/mol. The van der Waals surface area contributed by atoms with E-state index in [1.807, 2.05) is 89.2 Å². The highest BCUT2D eigenvalue weighted by Crippen LogP contribution is 2.42.